The molecule has 0 aromatic heterocycles. The quantitative estimate of drug-likeness (QED) is 0.877. The van der Waals surface area contributed by atoms with Crippen LogP contribution in [0.25, 0.3) is 10.8 Å². The van der Waals surface area contributed by atoms with Gasteiger partial charge in [-0.05, 0) is 47.9 Å². The highest BCUT2D eigenvalue weighted by molar-refractivity contribution is 5.86. The molecule has 0 atom stereocenters. The minimum absolute atomic E-state index is 0.560. The first-order chi connectivity index (χ1) is 8.02. The van der Waals surface area contributed by atoms with Gasteiger partial charge >= 0.3 is 0 Å². The average Bonchev–Trinajstić information content (AvgIpc) is 2.28. The summed E-state index contributed by atoms with van der Waals surface area (Å²) in [4.78, 5) is 0. The van der Waals surface area contributed by atoms with E-state index in [9.17, 15) is 5.11 Å². The number of benzene rings is 2. The van der Waals surface area contributed by atoms with E-state index >= 15 is 0 Å². The molecule has 0 unspecified atom stereocenters. The van der Waals surface area contributed by atoms with Crippen molar-refractivity contribution in [3.05, 3.63) is 47.5 Å². The molecule has 90 valence electrons. The second-order valence-corrected chi connectivity index (χ2v) is 4.85. The molecule has 0 spiro atoms. The predicted octanol–water partition coefficient (Wildman–Crippen LogP) is 3.21. The van der Waals surface area contributed by atoms with E-state index in [1.165, 1.54) is 5.39 Å². The molecule has 0 aliphatic carbocycles. The molecule has 0 amide bonds. The first-order valence-electron chi connectivity index (χ1n) is 5.76. The third-order valence-corrected chi connectivity index (χ3v) is 2.95. The zero-order valence-electron chi connectivity index (χ0n) is 10.5. The maximum atomic E-state index is 10.1. The van der Waals surface area contributed by atoms with Gasteiger partial charge in [0.25, 0.3) is 0 Å². The standard InChI is InChI=1S/C15H18O2/c1-15(2,16)13-8-11-6-4-5-7-14(11)12(9-13)10-17-3/h4-9,16H,10H2,1-3H3. The second-order valence-electron chi connectivity index (χ2n) is 4.85. The third kappa shape index (κ3) is 2.48. The Labute approximate surface area is 102 Å². The topological polar surface area (TPSA) is 29.5 Å². The highest BCUT2D eigenvalue weighted by Gasteiger charge is 2.17. The monoisotopic (exact) mass is 230 g/mol. The Hall–Kier alpha value is -1.38. The van der Waals surface area contributed by atoms with E-state index in [1.54, 1.807) is 21.0 Å². The van der Waals surface area contributed by atoms with Crippen LogP contribution in [0.1, 0.15) is 25.0 Å². The van der Waals surface area contributed by atoms with Crippen LogP contribution >= 0.6 is 0 Å². The molecule has 2 rings (SSSR count). The van der Waals surface area contributed by atoms with Crippen molar-refractivity contribution in [2.45, 2.75) is 26.1 Å². The van der Waals surface area contributed by atoms with E-state index in [2.05, 4.69) is 12.1 Å². The minimum atomic E-state index is -0.827. The van der Waals surface area contributed by atoms with Crippen molar-refractivity contribution in [2.75, 3.05) is 7.11 Å². The van der Waals surface area contributed by atoms with Gasteiger partial charge in [0.15, 0.2) is 0 Å². The van der Waals surface area contributed by atoms with Crippen LogP contribution in [0.4, 0.5) is 0 Å². The van der Waals surface area contributed by atoms with Crippen LogP contribution in [0, 0.1) is 0 Å². The predicted molar refractivity (Wildman–Crippen MR) is 69.9 cm³/mol. The van der Waals surface area contributed by atoms with Crippen molar-refractivity contribution in [3.63, 3.8) is 0 Å². The number of hydrogen-bond donors (Lipinski definition) is 1. The number of methoxy groups -OCH3 is 1. The van der Waals surface area contributed by atoms with Gasteiger partial charge in [-0.2, -0.15) is 0 Å². The Morgan fingerprint density at radius 2 is 1.88 bits per heavy atom. The SMILES string of the molecule is COCc1cc(C(C)(C)O)cc2ccccc12. The molecule has 0 saturated carbocycles. The Bertz CT molecular complexity index is 524. The molecule has 0 saturated heterocycles. The normalized spacial score (nSPS) is 12.0. The molecular formula is C15H18O2. The van der Waals surface area contributed by atoms with Crippen LogP contribution in [0.5, 0.6) is 0 Å². The number of rotatable bonds is 3. The number of hydrogen-bond acceptors (Lipinski definition) is 2. The smallest absolute Gasteiger partial charge is 0.0840 e. The molecule has 1 N–H and O–H groups in total. The molecule has 0 fully saturated rings. The number of aliphatic hydroxyl groups is 1. The summed E-state index contributed by atoms with van der Waals surface area (Å²) in [6.07, 6.45) is 0. The summed E-state index contributed by atoms with van der Waals surface area (Å²) >= 11 is 0. The summed E-state index contributed by atoms with van der Waals surface area (Å²) in [6, 6.07) is 12.2. The van der Waals surface area contributed by atoms with Gasteiger partial charge in [-0.3, -0.25) is 0 Å². The zero-order chi connectivity index (χ0) is 12.5. The lowest BCUT2D eigenvalue weighted by Gasteiger charge is -2.20. The molecule has 2 nitrogen and oxygen atoms in total. The molecule has 0 bridgehead atoms. The van der Waals surface area contributed by atoms with Crippen molar-refractivity contribution < 1.29 is 9.84 Å². The van der Waals surface area contributed by atoms with E-state index in [-0.39, 0.29) is 0 Å². The number of ether oxygens (including phenoxy) is 1. The molecule has 0 aliphatic heterocycles. The molecule has 0 radical (unpaired) electrons. The molecule has 17 heavy (non-hydrogen) atoms. The van der Waals surface area contributed by atoms with Crippen LogP contribution in [-0.4, -0.2) is 12.2 Å². The molecule has 2 aromatic rings. The van der Waals surface area contributed by atoms with Crippen LogP contribution in [0.2, 0.25) is 0 Å². The molecule has 0 heterocycles. The zero-order valence-corrected chi connectivity index (χ0v) is 10.5. The fourth-order valence-corrected chi connectivity index (χ4v) is 2.02. The molecule has 2 aromatic carbocycles. The summed E-state index contributed by atoms with van der Waals surface area (Å²) in [5, 5.41) is 12.4. The van der Waals surface area contributed by atoms with Gasteiger partial charge in [0.1, 0.15) is 0 Å². The Morgan fingerprint density at radius 1 is 1.18 bits per heavy atom. The van der Waals surface area contributed by atoms with Gasteiger partial charge < -0.3 is 9.84 Å². The second kappa shape index (κ2) is 4.47. The van der Waals surface area contributed by atoms with Gasteiger partial charge in [0, 0.05) is 7.11 Å². The van der Waals surface area contributed by atoms with Gasteiger partial charge in [-0.15, -0.1) is 0 Å². The van der Waals surface area contributed by atoms with E-state index < -0.39 is 5.60 Å². The van der Waals surface area contributed by atoms with Crippen molar-refractivity contribution in [2.24, 2.45) is 0 Å². The van der Waals surface area contributed by atoms with Gasteiger partial charge in [0.05, 0.1) is 12.2 Å². The van der Waals surface area contributed by atoms with Crippen LogP contribution < -0.4 is 0 Å². The van der Waals surface area contributed by atoms with Crippen LogP contribution in [0.3, 0.4) is 0 Å². The van der Waals surface area contributed by atoms with Gasteiger partial charge in [-0.25, -0.2) is 0 Å². The summed E-state index contributed by atoms with van der Waals surface area (Å²) in [5.74, 6) is 0. The fourth-order valence-electron chi connectivity index (χ4n) is 2.02. The molecule has 2 heteroatoms. The lowest BCUT2D eigenvalue weighted by atomic mass is 9.92. The summed E-state index contributed by atoms with van der Waals surface area (Å²) in [6.45, 7) is 4.16. The lowest BCUT2D eigenvalue weighted by molar-refractivity contribution is 0.0784. The van der Waals surface area contributed by atoms with E-state index in [0.29, 0.717) is 6.61 Å². The maximum absolute atomic E-state index is 10.1. The van der Waals surface area contributed by atoms with Crippen molar-refractivity contribution >= 4 is 10.8 Å². The van der Waals surface area contributed by atoms with Gasteiger partial charge in [0.2, 0.25) is 0 Å². The summed E-state index contributed by atoms with van der Waals surface area (Å²) < 4.78 is 5.22. The highest BCUT2D eigenvalue weighted by Crippen LogP contribution is 2.27. The molecule has 0 aliphatic rings. The van der Waals surface area contributed by atoms with Gasteiger partial charge in [-0.1, -0.05) is 24.3 Å². The van der Waals surface area contributed by atoms with E-state index in [4.69, 9.17) is 4.74 Å². The van der Waals surface area contributed by atoms with Crippen molar-refractivity contribution in [1.29, 1.82) is 0 Å². The first-order valence-corrected chi connectivity index (χ1v) is 5.76. The first kappa shape index (κ1) is 12.1. The Balaban J connectivity index is 2.67. The highest BCUT2D eigenvalue weighted by atomic mass is 16.5. The lowest BCUT2D eigenvalue weighted by Crippen LogP contribution is -2.15. The summed E-state index contributed by atoms with van der Waals surface area (Å²) in [7, 11) is 1.69. The minimum Gasteiger partial charge on any atom is -0.386 e. The van der Waals surface area contributed by atoms with Crippen molar-refractivity contribution in [3.8, 4) is 0 Å². The third-order valence-electron chi connectivity index (χ3n) is 2.95. The molecular weight excluding hydrogens is 212 g/mol. The maximum Gasteiger partial charge on any atom is 0.0840 e. The van der Waals surface area contributed by atoms with E-state index in [1.807, 2.05) is 24.3 Å². The average molecular weight is 230 g/mol. The fraction of sp³-hybridized carbons (Fsp3) is 0.333. The van der Waals surface area contributed by atoms with Crippen molar-refractivity contribution in [1.82, 2.24) is 0 Å². The Kier molecular flexibility index (Phi) is 3.18. The van der Waals surface area contributed by atoms with Crippen LogP contribution in [0.15, 0.2) is 36.4 Å². The van der Waals surface area contributed by atoms with Crippen LogP contribution in [-0.2, 0) is 16.9 Å². The Morgan fingerprint density at radius 3 is 2.53 bits per heavy atom. The van der Waals surface area contributed by atoms with E-state index in [0.717, 1.165) is 16.5 Å². The number of fused-ring (bicyclic) bond motifs is 1. The largest absolute Gasteiger partial charge is 0.386 e. The summed E-state index contributed by atoms with van der Waals surface area (Å²) in [5.41, 5.74) is 1.21.